The standard InChI is InChI=1S/C18H14ClN5O3/c1-12-15(17(19)23(22-12)13-7-3-2-4-8-13)11-20-21-18(25)14-9-5-6-10-16(14)24(26)27/h2-11H,1H3,(H,21,25)/b20-11-. The molecule has 1 N–H and O–H groups in total. The summed E-state index contributed by atoms with van der Waals surface area (Å²) < 4.78 is 1.56. The summed E-state index contributed by atoms with van der Waals surface area (Å²) in [4.78, 5) is 22.6. The van der Waals surface area contributed by atoms with E-state index in [1.165, 1.54) is 30.5 Å². The number of benzene rings is 2. The fourth-order valence-corrected chi connectivity index (χ4v) is 2.76. The molecule has 0 aliphatic heterocycles. The Kier molecular flexibility index (Phi) is 5.28. The summed E-state index contributed by atoms with van der Waals surface area (Å²) in [6, 6.07) is 15.0. The Morgan fingerprint density at radius 1 is 1.22 bits per heavy atom. The van der Waals surface area contributed by atoms with Crippen molar-refractivity contribution in [2.45, 2.75) is 6.92 Å². The zero-order valence-corrected chi connectivity index (χ0v) is 14.9. The molecule has 0 saturated heterocycles. The van der Waals surface area contributed by atoms with Crippen molar-refractivity contribution in [3.63, 3.8) is 0 Å². The van der Waals surface area contributed by atoms with Crippen molar-refractivity contribution in [2.75, 3.05) is 0 Å². The van der Waals surface area contributed by atoms with E-state index in [-0.39, 0.29) is 11.3 Å². The number of hydrazone groups is 1. The normalized spacial score (nSPS) is 10.9. The van der Waals surface area contributed by atoms with Gasteiger partial charge in [-0.25, -0.2) is 10.1 Å². The van der Waals surface area contributed by atoms with Crippen LogP contribution in [0.1, 0.15) is 21.6 Å². The molecule has 1 amide bonds. The quantitative estimate of drug-likeness (QED) is 0.413. The number of hydrogen-bond donors (Lipinski definition) is 1. The first kappa shape index (κ1) is 18.3. The first-order valence-corrected chi connectivity index (χ1v) is 8.24. The van der Waals surface area contributed by atoms with Crippen molar-refractivity contribution < 1.29 is 9.72 Å². The summed E-state index contributed by atoms with van der Waals surface area (Å²) >= 11 is 6.37. The van der Waals surface area contributed by atoms with E-state index in [9.17, 15) is 14.9 Å². The van der Waals surface area contributed by atoms with Crippen LogP contribution in [-0.4, -0.2) is 26.8 Å². The van der Waals surface area contributed by atoms with E-state index < -0.39 is 10.8 Å². The molecule has 9 heteroatoms. The molecule has 0 fully saturated rings. The largest absolute Gasteiger partial charge is 0.282 e. The highest BCUT2D eigenvalue weighted by molar-refractivity contribution is 6.32. The maximum atomic E-state index is 12.2. The Bertz CT molecular complexity index is 1030. The Morgan fingerprint density at radius 2 is 1.89 bits per heavy atom. The minimum atomic E-state index is -0.692. The topological polar surface area (TPSA) is 102 Å². The second-order valence-corrected chi connectivity index (χ2v) is 5.87. The van der Waals surface area contributed by atoms with Crippen LogP contribution < -0.4 is 5.43 Å². The predicted octanol–water partition coefficient (Wildman–Crippen LogP) is 3.51. The Morgan fingerprint density at radius 3 is 2.59 bits per heavy atom. The van der Waals surface area contributed by atoms with Crippen LogP contribution >= 0.6 is 11.6 Å². The van der Waals surface area contributed by atoms with E-state index in [0.717, 1.165) is 5.69 Å². The van der Waals surface area contributed by atoms with Crippen LogP contribution in [0.4, 0.5) is 5.69 Å². The van der Waals surface area contributed by atoms with Gasteiger partial charge in [0.05, 0.1) is 28.1 Å². The van der Waals surface area contributed by atoms with Gasteiger partial charge in [-0.05, 0) is 25.1 Å². The van der Waals surface area contributed by atoms with Crippen LogP contribution in [0.15, 0.2) is 59.7 Å². The van der Waals surface area contributed by atoms with Gasteiger partial charge in [-0.2, -0.15) is 10.2 Å². The first-order valence-electron chi connectivity index (χ1n) is 7.86. The van der Waals surface area contributed by atoms with Gasteiger partial charge in [0.15, 0.2) is 0 Å². The number of nitro benzene ring substituents is 1. The summed E-state index contributed by atoms with van der Waals surface area (Å²) in [5.41, 5.74) is 3.84. The number of aromatic nitrogens is 2. The monoisotopic (exact) mass is 383 g/mol. The van der Waals surface area contributed by atoms with Gasteiger partial charge in [-0.15, -0.1) is 0 Å². The average molecular weight is 384 g/mol. The third-order valence-electron chi connectivity index (χ3n) is 3.75. The van der Waals surface area contributed by atoms with Crippen LogP contribution in [-0.2, 0) is 0 Å². The minimum absolute atomic E-state index is 0.0811. The molecular weight excluding hydrogens is 370 g/mol. The maximum absolute atomic E-state index is 12.2. The molecule has 1 aromatic heterocycles. The highest BCUT2D eigenvalue weighted by atomic mass is 35.5. The number of hydrogen-bond acceptors (Lipinski definition) is 5. The fraction of sp³-hybridized carbons (Fsp3) is 0.0556. The van der Waals surface area contributed by atoms with Crippen molar-refractivity contribution in [3.8, 4) is 5.69 Å². The highest BCUT2D eigenvalue weighted by Crippen LogP contribution is 2.22. The highest BCUT2D eigenvalue weighted by Gasteiger charge is 2.19. The summed E-state index contributed by atoms with van der Waals surface area (Å²) in [5, 5.41) is 19.6. The Balaban J connectivity index is 1.81. The molecule has 136 valence electrons. The van der Waals surface area contributed by atoms with E-state index in [0.29, 0.717) is 16.4 Å². The van der Waals surface area contributed by atoms with Gasteiger partial charge in [-0.1, -0.05) is 41.9 Å². The van der Waals surface area contributed by atoms with Crippen LogP contribution in [0.5, 0.6) is 0 Å². The molecule has 2 aromatic carbocycles. The lowest BCUT2D eigenvalue weighted by molar-refractivity contribution is -0.385. The molecule has 27 heavy (non-hydrogen) atoms. The zero-order valence-electron chi connectivity index (χ0n) is 14.2. The molecule has 1 heterocycles. The molecule has 0 unspecified atom stereocenters. The van der Waals surface area contributed by atoms with Crippen LogP contribution in [0, 0.1) is 17.0 Å². The number of aryl methyl sites for hydroxylation is 1. The summed E-state index contributed by atoms with van der Waals surface area (Å²) in [6.45, 7) is 1.76. The lowest BCUT2D eigenvalue weighted by Crippen LogP contribution is -2.19. The number of para-hydroxylation sites is 2. The van der Waals surface area contributed by atoms with Crippen molar-refractivity contribution in [1.29, 1.82) is 0 Å². The first-order chi connectivity index (χ1) is 13.0. The van der Waals surface area contributed by atoms with E-state index in [1.807, 2.05) is 30.3 Å². The van der Waals surface area contributed by atoms with Gasteiger partial charge in [0.1, 0.15) is 10.7 Å². The number of rotatable bonds is 5. The Hall–Kier alpha value is -3.52. The number of carbonyl (C=O) groups is 1. The molecule has 0 atom stereocenters. The predicted molar refractivity (Wildman–Crippen MR) is 101 cm³/mol. The third-order valence-corrected chi connectivity index (χ3v) is 4.12. The second kappa shape index (κ2) is 7.79. The Labute approximate surface area is 159 Å². The SMILES string of the molecule is Cc1nn(-c2ccccc2)c(Cl)c1/C=N\NC(=O)c1ccccc1[N+](=O)[O-]. The number of nitro groups is 1. The van der Waals surface area contributed by atoms with Gasteiger partial charge in [0.25, 0.3) is 11.6 Å². The van der Waals surface area contributed by atoms with Crippen molar-refractivity contribution in [1.82, 2.24) is 15.2 Å². The van der Waals surface area contributed by atoms with Gasteiger partial charge >= 0.3 is 0 Å². The molecule has 0 bridgehead atoms. The smallest absolute Gasteiger partial charge is 0.267 e. The van der Waals surface area contributed by atoms with E-state index in [4.69, 9.17) is 11.6 Å². The molecule has 8 nitrogen and oxygen atoms in total. The number of nitrogens with one attached hydrogen (secondary N) is 1. The van der Waals surface area contributed by atoms with E-state index >= 15 is 0 Å². The molecule has 0 saturated carbocycles. The van der Waals surface area contributed by atoms with Gasteiger partial charge < -0.3 is 0 Å². The maximum Gasteiger partial charge on any atom is 0.282 e. The summed E-state index contributed by atoms with van der Waals surface area (Å²) in [7, 11) is 0. The third kappa shape index (κ3) is 3.85. The molecule has 3 rings (SSSR count). The molecule has 0 radical (unpaired) electrons. The van der Waals surface area contributed by atoms with Crippen LogP contribution in [0.2, 0.25) is 5.15 Å². The lowest BCUT2D eigenvalue weighted by Gasteiger charge is -2.02. The fourth-order valence-electron chi connectivity index (χ4n) is 2.44. The van der Waals surface area contributed by atoms with E-state index in [1.54, 1.807) is 11.6 Å². The number of amides is 1. The summed E-state index contributed by atoms with van der Waals surface area (Å²) in [6.07, 6.45) is 1.36. The van der Waals surface area contributed by atoms with Crippen molar-refractivity contribution in [3.05, 3.63) is 86.7 Å². The molecule has 0 spiro atoms. The number of carbonyl (C=O) groups excluding carboxylic acids is 1. The molecular formula is C18H14ClN5O3. The van der Waals surface area contributed by atoms with E-state index in [2.05, 4.69) is 15.6 Å². The number of nitrogens with zero attached hydrogens (tertiary/aromatic N) is 4. The minimum Gasteiger partial charge on any atom is -0.267 e. The molecule has 0 aliphatic carbocycles. The van der Waals surface area contributed by atoms with Gasteiger partial charge in [-0.3, -0.25) is 14.9 Å². The average Bonchev–Trinajstić information content (AvgIpc) is 2.96. The molecule has 3 aromatic rings. The van der Waals surface area contributed by atoms with Crippen LogP contribution in [0.3, 0.4) is 0 Å². The zero-order chi connectivity index (χ0) is 19.4. The second-order valence-electron chi connectivity index (χ2n) is 5.51. The molecule has 0 aliphatic rings. The lowest BCUT2D eigenvalue weighted by atomic mass is 10.2. The van der Waals surface area contributed by atoms with Crippen molar-refractivity contribution in [2.24, 2.45) is 5.10 Å². The van der Waals surface area contributed by atoms with Gasteiger partial charge in [0.2, 0.25) is 0 Å². The summed E-state index contributed by atoms with van der Waals surface area (Å²) in [5.74, 6) is -0.692. The van der Waals surface area contributed by atoms with Crippen LogP contribution in [0.25, 0.3) is 5.69 Å². The van der Waals surface area contributed by atoms with Crippen molar-refractivity contribution >= 4 is 29.4 Å². The number of halogens is 1. The van der Waals surface area contributed by atoms with Gasteiger partial charge in [0, 0.05) is 6.07 Å².